The molecule has 0 atom stereocenters. The molecule has 0 aliphatic heterocycles. The molecule has 1 N–H and O–H groups in total. The molecule has 0 bridgehead atoms. The SMILES string of the molecule is O=C(Nc1cccc2ncccc12)C1CCCC1. The van der Waals surface area contributed by atoms with Gasteiger partial charge in [0.15, 0.2) is 0 Å². The van der Waals surface area contributed by atoms with Crippen molar-refractivity contribution in [2.75, 3.05) is 5.32 Å². The minimum atomic E-state index is 0.156. The second-order valence-electron chi connectivity index (χ2n) is 4.85. The number of fused-ring (bicyclic) bond motifs is 1. The number of nitrogens with one attached hydrogen (secondary N) is 1. The Morgan fingerprint density at radius 3 is 2.83 bits per heavy atom. The minimum Gasteiger partial charge on any atom is -0.325 e. The summed E-state index contributed by atoms with van der Waals surface area (Å²) in [5, 5.41) is 4.05. The molecule has 1 amide bonds. The largest absolute Gasteiger partial charge is 0.325 e. The lowest BCUT2D eigenvalue weighted by Crippen LogP contribution is -2.20. The number of aromatic nitrogens is 1. The number of carbonyl (C=O) groups is 1. The van der Waals surface area contributed by atoms with Crippen LogP contribution in [-0.2, 0) is 4.79 Å². The highest BCUT2D eigenvalue weighted by atomic mass is 16.1. The molecular formula is C15H16N2O. The molecule has 1 aromatic carbocycles. The fraction of sp³-hybridized carbons (Fsp3) is 0.333. The lowest BCUT2D eigenvalue weighted by molar-refractivity contribution is -0.119. The minimum absolute atomic E-state index is 0.156. The highest BCUT2D eigenvalue weighted by Crippen LogP contribution is 2.27. The maximum atomic E-state index is 12.1. The van der Waals surface area contributed by atoms with Crippen molar-refractivity contribution in [3.05, 3.63) is 36.5 Å². The maximum absolute atomic E-state index is 12.1. The highest BCUT2D eigenvalue weighted by Gasteiger charge is 2.22. The molecule has 92 valence electrons. The van der Waals surface area contributed by atoms with Crippen LogP contribution in [0.4, 0.5) is 5.69 Å². The third kappa shape index (κ3) is 2.08. The topological polar surface area (TPSA) is 42.0 Å². The van der Waals surface area contributed by atoms with Gasteiger partial charge in [-0.3, -0.25) is 9.78 Å². The summed E-state index contributed by atoms with van der Waals surface area (Å²) in [4.78, 5) is 16.4. The van der Waals surface area contributed by atoms with E-state index in [1.165, 1.54) is 12.8 Å². The number of hydrogen-bond donors (Lipinski definition) is 1. The van der Waals surface area contributed by atoms with Crippen LogP contribution < -0.4 is 5.32 Å². The standard InChI is InChI=1S/C15H16N2O/c18-15(11-5-1-2-6-11)17-14-9-3-8-13-12(14)7-4-10-16-13/h3-4,7-11H,1-2,5-6H2,(H,17,18). The lowest BCUT2D eigenvalue weighted by atomic mass is 10.1. The first kappa shape index (κ1) is 11.2. The summed E-state index contributed by atoms with van der Waals surface area (Å²) in [6, 6.07) is 9.72. The molecule has 18 heavy (non-hydrogen) atoms. The van der Waals surface area contributed by atoms with Crippen molar-refractivity contribution in [3.63, 3.8) is 0 Å². The molecule has 1 aliphatic carbocycles. The van der Waals surface area contributed by atoms with Crippen LogP contribution in [0.3, 0.4) is 0 Å². The van der Waals surface area contributed by atoms with Crippen LogP contribution in [0.5, 0.6) is 0 Å². The van der Waals surface area contributed by atoms with Crippen molar-refractivity contribution in [1.29, 1.82) is 0 Å². The predicted molar refractivity (Wildman–Crippen MR) is 72.3 cm³/mol. The third-order valence-corrected chi connectivity index (χ3v) is 3.63. The van der Waals surface area contributed by atoms with Crippen molar-refractivity contribution < 1.29 is 4.79 Å². The average Bonchev–Trinajstić information content (AvgIpc) is 2.93. The summed E-state index contributed by atoms with van der Waals surface area (Å²) < 4.78 is 0. The van der Waals surface area contributed by atoms with E-state index in [4.69, 9.17) is 0 Å². The molecule has 0 spiro atoms. The number of amides is 1. The fourth-order valence-electron chi connectivity index (χ4n) is 2.64. The number of pyridine rings is 1. The molecule has 1 fully saturated rings. The summed E-state index contributed by atoms with van der Waals surface area (Å²) in [5.41, 5.74) is 1.79. The van der Waals surface area contributed by atoms with Gasteiger partial charge in [-0.05, 0) is 37.1 Å². The predicted octanol–water partition coefficient (Wildman–Crippen LogP) is 3.36. The number of carbonyl (C=O) groups excluding carboxylic acids is 1. The van der Waals surface area contributed by atoms with Crippen LogP contribution in [0.25, 0.3) is 10.9 Å². The van der Waals surface area contributed by atoms with E-state index in [9.17, 15) is 4.79 Å². The molecule has 0 saturated heterocycles. The molecule has 2 aromatic rings. The Morgan fingerprint density at radius 1 is 1.17 bits per heavy atom. The molecular weight excluding hydrogens is 224 g/mol. The van der Waals surface area contributed by atoms with E-state index < -0.39 is 0 Å². The van der Waals surface area contributed by atoms with Gasteiger partial charge in [-0.15, -0.1) is 0 Å². The average molecular weight is 240 g/mol. The van der Waals surface area contributed by atoms with Gasteiger partial charge in [0.25, 0.3) is 0 Å². The van der Waals surface area contributed by atoms with Crippen LogP contribution >= 0.6 is 0 Å². The Labute approximate surface area is 106 Å². The van der Waals surface area contributed by atoms with Gasteiger partial charge in [-0.25, -0.2) is 0 Å². The normalized spacial score (nSPS) is 16.0. The number of anilines is 1. The van der Waals surface area contributed by atoms with Crippen LogP contribution in [0.15, 0.2) is 36.5 Å². The van der Waals surface area contributed by atoms with Crippen molar-refractivity contribution in [2.45, 2.75) is 25.7 Å². The lowest BCUT2D eigenvalue weighted by Gasteiger charge is -2.12. The van der Waals surface area contributed by atoms with Gasteiger partial charge in [0.05, 0.1) is 11.2 Å². The zero-order valence-electron chi connectivity index (χ0n) is 10.2. The first-order valence-corrected chi connectivity index (χ1v) is 6.49. The van der Waals surface area contributed by atoms with Crippen molar-refractivity contribution in [3.8, 4) is 0 Å². The molecule has 3 heteroatoms. The van der Waals surface area contributed by atoms with Crippen molar-refractivity contribution in [2.24, 2.45) is 5.92 Å². The summed E-state index contributed by atoms with van der Waals surface area (Å²) >= 11 is 0. The quantitative estimate of drug-likeness (QED) is 0.874. The monoisotopic (exact) mass is 240 g/mol. The van der Waals surface area contributed by atoms with Crippen LogP contribution in [-0.4, -0.2) is 10.9 Å². The van der Waals surface area contributed by atoms with Gasteiger partial charge in [0.2, 0.25) is 5.91 Å². The maximum Gasteiger partial charge on any atom is 0.227 e. The van der Waals surface area contributed by atoms with Gasteiger partial charge < -0.3 is 5.32 Å². The Hall–Kier alpha value is -1.90. The smallest absolute Gasteiger partial charge is 0.227 e. The summed E-state index contributed by atoms with van der Waals surface area (Å²) in [5.74, 6) is 0.348. The van der Waals surface area contributed by atoms with E-state index in [2.05, 4.69) is 10.3 Å². The number of nitrogens with zero attached hydrogens (tertiary/aromatic N) is 1. The molecule has 3 nitrogen and oxygen atoms in total. The Morgan fingerprint density at radius 2 is 2.00 bits per heavy atom. The van der Waals surface area contributed by atoms with E-state index in [0.717, 1.165) is 29.4 Å². The van der Waals surface area contributed by atoms with Crippen molar-refractivity contribution >= 4 is 22.5 Å². The highest BCUT2D eigenvalue weighted by molar-refractivity contribution is 6.01. The van der Waals surface area contributed by atoms with E-state index in [-0.39, 0.29) is 11.8 Å². The van der Waals surface area contributed by atoms with Gasteiger partial charge in [-0.2, -0.15) is 0 Å². The molecule has 1 heterocycles. The van der Waals surface area contributed by atoms with E-state index in [1.807, 2.05) is 30.3 Å². The zero-order valence-corrected chi connectivity index (χ0v) is 10.2. The third-order valence-electron chi connectivity index (χ3n) is 3.63. The summed E-state index contributed by atoms with van der Waals surface area (Å²) in [6.45, 7) is 0. The van der Waals surface area contributed by atoms with Crippen LogP contribution in [0, 0.1) is 5.92 Å². The Balaban J connectivity index is 1.88. The van der Waals surface area contributed by atoms with Gasteiger partial charge in [-0.1, -0.05) is 18.9 Å². The Kier molecular flexibility index (Phi) is 2.97. The van der Waals surface area contributed by atoms with Crippen LogP contribution in [0.2, 0.25) is 0 Å². The van der Waals surface area contributed by atoms with Crippen molar-refractivity contribution in [1.82, 2.24) is 4.98 Å². The Bertz CT molecular complexity index is 568. The molecule has 1 aromatic heterocycles. The van der Waals surface area contributed by atoms with E-state index >= 15 is 0 Å². The molecule has 1 saturated carbocycles. The van der Waals surface area contributed by atoms with Gasteiger partial charge in [0, 0.05) is 17.5 Å². The molecule has 3 rings (SSSR count). The number of hydrogen-bond acceptors (Lipinski definition) is 2. The first-order chi connectivity index (χ1) is 8.84. The summed E-state index contributed by atoms with van der Waals surface area (Å²) in [7, 11) is 0. The van der Waals surface area contributed by atoms with Gasteiger partial charge >= 0.3 is 0 Å². The first-order valence-electron chi connectivity index (χ1n) is 6.49. The number of rotatable bonds is 2. The van der Waals surface area contributed by atoms with Crippen LogP contribution in [0.1, 0.15) is 25.7 Å². The number of benzene rings is 1. The molecule has 1 aliphatic rings. The summed E-state index contributed by atoms with van der Waals surface area (Å²) in [6.07, 6.45) is 6.17. The zero-order chi connectivity index (χ0) is 12.4. The van der Waals surface area contributed by atoms with E-state index in [0.29, 0.717) is 0 Å². The fourth-order valence-corrected chi connectivity index (χ4v) is 2.64. The molecule has 0 unspecified atom stereocenters. The second-order valence-corrected chi connectivity index (χ2v) is 4.85. The molecule has 0 radical (unpaired) electrons. The van der Waals surface area contributed by atoms with Gasteiger partial charge in [0.1, 0.15) is 0 Å². The van der Waals surface area contributed by atoms with E-state index in [1.54, 1.807) is 6.20 Å². The second kappa shape index (κ2) is 4.77.